The van der Waals surface area contributed by atoms with Gasteiger partial charge in [0.1, 0.15) is 5.54 Å². The van der Waals surface area contributed by atoms with E-state index in [9.17, 15) is 13.2 Å². The molecule has 0 aliphatic carbocycles. The van der Waals surface area contributed by atoms with Gasteiger partial charge in [0.2, 0.25) is 0 Å². The summed E-state index contributed by atoms with van der Waals surface area (Å²) in [6, 6.07) is 23.0. The minimum atomic E-state index is -3.52. The molecule has 3 aromatic carbocycles. The number of amides is 1. The number of likely N-dealkylation sites (N-methyl/N-ethyl adjacent to an activating group) is 1. The molecule has 0 bridgehead atoms. The van der Waals surface area contributed by atoms with Crippen LogP contribution in [0.4, 0.5) is 5.69 Å². The number of halogens is 1. The third-order valence-electron chi connectivity index (χ3n) is 7.25. The van der Waals surface area contributed by atoms with Crippen molar-refractivity contribution in [3.63, 3.8) is 0 Å². The normalized spacial score (nSPS) is 27.6. The SMILES string of the molecule is CN1C[C@@H]2[C@@H](c3ccccc3S2(=O)=O)[C@]12C(=O)N(Cc1ccccc1)c1ccc(Br)cc12. The van der Waals surface area contributed by atoms with Gasteiger partial charge < -0.3 is 4.90 Å². The molecule has 5 nitrogen and oxygen atoms in total. The van der Waals surface area contributed by atoms with Crippen LogP contribution in [0, 0.1) is 0 Å². The van der Waals surface area contributed by atoms with Crippen LogP contribution < -0.4 is 4.90 Å². The summed E-state index contributed by atoms with van der Waals surface area (Å²) in [6.45, 7) is 0.758. The molecule has 0 saturated carbocycles. The van der Waals surface area contributed by atoms with Crippen molar-refractivity contribution in [2.75, 3.05) is 18.5 Å². The van der Waals surface area contributed by atoms with Crippen LogP contribution in [-0.2, 0) is 26.7 Å². The molecule has 0 N–H and O–H groups in total. The van der Waals surface area contributed by atoms with Crippen molar-refractivity contribution < 1.29 is 13.2 Å². The quantitative estimate of drug-likeness (QED) is 0.523. The van der Waals surface area contributed by atoms with E-state index in [2.05, 4.69) is 15.9 Å². The molecule has 32 heavy (non-hydrogen) atoms. The summed E-state index contributed by atoms with van der Waals surface area (Å²) in [4.78, 5) is 18.5. The number of anilines is 1. The third kappa shape index (κ3) is 2.42. The van der Waals surface area contributed by atoms with Gasteiger partial charge in [0.15, 0.2) is 9.84 Å². The second-order valence-corrected chi connectivity index (χ2v) is 11.8. The predicted molar refractivity (Wildman–Crippen MR) is 126 cm³/mol. The van der Waals surface area contributed by atoms with E-state index in [0.29, 0.717) is 18.0 Å². The van der Waals surface area contributed by atoms with Crippen LogP contribution >= 0.6 is 15.9 Å². The van der Waals surface area contributed by atoms with E-state index < -0.39 is 26.5 Å². The maximum absolute atomic E-state index is 14.4. The summed E-state index contributed by atoms with van der Waals surface area (Å²) in [7, 11) is -1.64. The Kier molecular flexibility index (Phi) is 4.26. The van der Waals surface area contributed by atoms with Crippen molar-refractivity contribution in [3.05, 3.63) is 94.0 Å². The highest BCUT2D eigenvalue weighted by atomic mass is 79.9. The first-order chi connectivity index (χ1) is 15.4. The van der Waals surface area contributed by atoms with Crippen LogP contribution in [-0.4, -0.2) is 38.1 Å². The molecular weight excluding hydrogens is 488 g/mol. The van der Waals surface area contributed by atoms with E-state index in [0.717, 1.165) is 26.9 Å². The molecule has 3 heterocycles. The fourth-order valence-corrected chi connectivity index (χ4v) is 8.56. The Morgan fingerprint density at radius 2 is 1.75 bits per heavy atom. The number of sulfone groups is 1. The Balaban J connectivity index is 1.60. The van der Waals surface area contributed by atoms with Crippen molar-refractivity contribution >= 4 is 37.4 Å². The van der Waals surface area contributed by atoms with Gasteiger partial charge in [0.25, 0.3) is 5.91 Å². The number of carbonyl (C=O) groups excluding carboxylic acids is 1. The van der Waals surface area contributed by atoms with Crippen molar-refractivity contribution in [1.29, 1.82) is 0 Å². The van der Waals surface area contributed by atoms with E-state index in [-0.39, 0.29) is 5.91 Å². The van der Waals surface area contributed by atoms with Crippen LogP contribution in [0.1, 0.15) is 22.6 Å². The molecule has 1 saturated heterocycles. The highest BCUT2D eigenvalue weighted by molar-refractivity contribution is 9.10. The average Bonchev–Trinajstić information content (AvgIpc) is 3.31. The van der Waals surface area contributed by atoms with Gasteiger partial charge in [0, 0.05) is 28.2 Å². The monoisotopic (exact) mass is 508 g/mol. The van der Waals surface area contributed by atoms with E-state index in [1.165, 1.54) is 0 Å². The lowest BCUT2D eigenvalue weighted by molar-refractivity contribution is -0.128. The number of carbonyl (C=O) groups is 1. The first kappa shape index (κ1) is 20.1. The Morgan fingerprint density at radius 1 is 1.03 bits per heavy atom. The number of hydrogen-bond acceptors (Lipinski definition) is 4. The molecule has 3 aliphatic rings. The molecule has 1 amide bonds. The molecule has 162 valence electrons. The molecule has 3 aliphatic heterocycles. The lowest BCUT2D eigenvalue weighted by atomic mass is 9.76. The molecule has 0 radical (unpaired) electrons. The maximum Gasteiger partial charge on any atom is 0.253 e. The second-order valence-electron chi connectivity index (χ2n) is 8.78. The Labute approximate surface area is 195 Å². The second kappa shape index (κ2) is 6.76. The summed E-state index contributed by atoms with van der Waals surface area (Å²) < 4.78 is 27.8. The third-order valence-corrected chi connectivity index (χ3v) is 9.95. The van der Waals surface area contributed by atoms with Crippen LogP contribution in [0.15, 0.2) is 82.2 Å². The van der Waals surface area contributed by atoms with Crippen LogP contribution in [0.2, 0.25) is 0 Å². The lowest BCUT2D eigenvalue weighted by Crippen LogP contribution is -2.50. The summed E-state index contributed by atoms with van der Waals surface area (Å²) in [6.07, 6.45) is 0. The Hall–Kier alpha value is -2.48. The highest BCUT2D eigenvalue weighted by Crippen LogP contribution is 2.61. The van der Waals surface area contributed by atoms with Crippen molar-refractivity contribution in [2.24, 2.45) is 0 Å². The number of benzene rings is 3. The first-order valence-corrected chi connectivity index (χ1v) is 12.9. The van der Waals surface area contributed by atoms with Gasteiger partial charge in [-0.2, -0.15) is 0 Å². The van der Waals surface area contributed by atoms with Crippen LogP contribution in [0.3, 0.4) is 0 Å². The number of likely N-dealkylation sites (tertiary alicyclic amines) is 1. The number of fused-ring (bicyclic) bond motifs is 6. The van der Waals surface area contributed by atoms with Gasteiger partial charge in [-0.1, -0.05) is 64.5 Å². The molecule has 0 unspecified atom stereocenters. The molecule has 0 aromatic heterocycles. The molecule has 6 rings (SSSR count). The minimum absolute atomic E-state index is 0.0589. The topological polar surface area (TPSA) is 57.7 Å². The minimum Gasteiger partial charge on any atom is -0.306 e. The zero-order valence-corrected chi connectivity index (χ0v) is 19.8. The Bertz CT molecular complexity index is 1370. The highest BCUT2D eigenvalue weighted by Gasteiger charge is 2.69. The standard InChI is InChI=1S/C25H21BrN2O3S/c1-27-15-22-23(18-9-5-6-10-21(18)32(22,30)31)25(27)19-13-17(26)11-12-20(19)28(24(25)29)14-16-7-3-2-4-8-16/h2-13,22-23H,14-15H2,1H3/t22-,23-,25-/m1/s1. The van der Waals surface area contributed by atoms with Gasteiger partial charge in [-0.05, 0) is 42.4 Å². The number of hydrogen-bond donors (Lipinski definition) is 0. The molecule has 3 atom stereocenters. The number of nitrogens with zero attached hydrogens (tertiary/aromatic N) is 2. The number of rotatable bonds is 2. The van der Waals surface area contributed by atoms with Gasteiger partial charge in [-0.3, -0.25) is 9.69 Å². The Morgan fingerprint density at radius 3 is 2.53 bits per heavy atom. The fourth-order valence-electron chi connectivity index (χ4n) is 5.96. The largest absolute Gasteiger partial charge is 0.306 e. The molecule has 1 fully saturated rings. The van der Waals surface area contributed by atoms with Crippen molar-refractivity contribution in [3.8, 4) is 0 Å². The average molecular weight is 509 g/mol. The molecule has 1 spiro atoms. The summed E-state index contributed by atoms with van der Waals surface area (Å²) >= 11 is 3.58. The van der Waals surface area contributed by atoms with Crippen molar-refractivity contribution in [2.45, 2.75) is 28.1 Å². The van der Waals surface area contributed by atoms with Gasteiger partial charge in [-0.15, -0.1) is 0 Å². The lowest BCUT2D eigenvalue weighted by Gasteiger charge is -2.36. The van der Waals surface area contributed by atoms with Gasteiger partial charge in [0.05, 0.1) is 16.7 Å². The van der Waals surface area contributed by atoms with Gasteiger partial charge in [-0.25, -0.2) is 8.42 Å². The van der Waals surface area contributed by atoms with E-state index in [1.54, 1.807) is 12.1 Å². The summed E-state index contributed by atoms with van der Waals surface area (Å²) in [5, 5.41) is -0.641. The smallest absolute Gasteiger partial charge is 0.253 e. The van der Waals surface area contributed by atoms with Crippen LogP contribution in [0.25, 0.3) is 0 Å². The first-order valence-electron chi connectivity index (χ1n) is 10.6. The van der Waals surface area contributed by atoms with E-state index in [4.69, 9.17) is 0 Å². The van der Waals surface area contributed by atoms with Crippen molar-refractivity contribution in [1.82, 2.24) is 4.90 Å². The van der Waals surface area contributed by atoms with E-state index >= 15 is 0 Å². The van der Waals surface area contributed by atoms with E-state index in [1.807, 2.05) is 77.5 Å². The summed E-state index contributed by atoms with van der Waals surface area (Å²) in [5.41, 5.74) is 2.44. The predicted octanol–water partition coefficient (Wildman–Crippen LogP) is 4.08. The molecular formula is C25H21BrN2O3S. The zero-order valence-electron chi connectivity index (χ0n) is 17.4. The van der Waals surface area contributed by atoms with Gasteiger partial charge >= 0.3 is 0 Å². The summed E-state index contributed by atoms with van der Waals surface area (Å²) in [5.74, 6) is -0.508. The molecule has 3 aromatic rings. The zero-order chi connectivity index (χ0) is 22.3. The van der Waals surface area contributed by atoms with Crippen LogP contribution in [0.5, 0.6) is 0 Å². The maximum atomic E-state index is 14.4. The molecule has 7 heteroatoms. The fraction of sp³-hybridized carbons (Fsp3) is 0.240.